The average Bonchev–Trinajstić information content (AvgIpc) is 3.40. The van der Waals surface area contributed by atoms with E-state index in [1.54, 1.807) is 103 Å². The van der Waals surface area contributed by atoms with Gasteiger partial charge in [0.2, 0.25) is 0 Å². The van der Waals surface area contributed by atoms with E-state index in [-0.39, 0.29) is 22.3 Å². The molecule has 37 heavy (non-hydrogen) atoms. The third kappa shape index (κ3) is 7.19. The molecule has 0 spiro atoms. The Morgan fingerprint density at radius 2 is 0.622 bits per heavy atom. The summed E-state index contributed by atoms with van der Waals surface area (Å²) in [7, 11) is 8.60. The Morgan fingerprint density at radius 1 is 0.459 bits per heavy atom. The monoisotopic (exact) mass is 648 g/mol. The Balaban J connectivity index is 0.000000802. The van der Waals surface area contributed by atoms with Crippen LogP contribution in [-0.4, -0.2) is 8.07 Å². The van der Waals surface area contributed by atoms with Crippen LogP contribution in [0.15, 0.2) is 0 Å². The SMILES string of the molecule is C.CC.C[Si](C)(C1C2CCCCC2C2CCCCC21)C1C2CCCCC2C2CCCCC21.[CH3-].[CH3-].[Cl][Zr+2][Cl]. The van der Waals surface area contributed by atoms with Crippen molar-refractivity contribution in [3.63, 3.8) is 0 Å². The minimum atomic E-state index is -1.27. The van der Waals surface area contributed by atoms with Crippen LogP contribution in [0.4, 0.5) is 0 Å². The molecule has 0 radical (unpaired) electrons. The van der Waals surface area contributed by atoms with Crippen molar-refractivity contribution in [3.8, 4) is 0 Å². The zero-order chi connectivity index (χ0) is 24.3. The first-order valence-corrected chi connectivity index (χ1v) is 25.0. The molecule has 218 valence electrons. The third-order valence-electron chi connectivity index (χ3n) is 12.2. The van der Waals surface area contributed by atoms with Gasteiger partial charge in [-0.3, -0.25) is 0 Å². The summed E-state index contributed by atoms with van der Waals surface area (Å²) >= 11 is -0.826. The van der Waals surface area contributed by atoms with Gasteiger partial charge in [-0.2, -0.15) is 0 Å². The Morgan fingerprint density at radius 3 is 0.811 bits per heavy atom. The van der Waals surface area contributed by atoms with Crippen LogP contribution < -0.4 is 0 Å². The minimum absolute atomic E-state index is 0. The van der Waals surface area contributed by atoms with Gasteiger partial charge in [-0.05, 0) is 84.1 Å². The molecule has 0 bridgehead atoms. The molecule has 6 aliphatic carbocycles. The van der Waals surface area contributed by atoms with Crippen LogP contribution in [-0.2, 0) is 20.8 Å². The summed E-state index contributed by atoms with van der Waals surface area (Å²) in [5.74, 6) is 9.33. The summed E-state index contributed by atoms with van der Waals surface area (Å²) in [4.78, 5) is 0. The number of fused-ring (bicyclic) bond motifs is 6. The summed E-state index contributed by atoms with van der Waals surface area (Å²) in [6.45, 7) is 9.96. The van der Waals surface area contributed by atoms with E-state index < -0.39 is 28.9 Å². The van der Waals surface area contributed by atoms with E-state index in [9.17, 15) is 0 Å². The van der Waals surface area contributed by atoms with Gasteiger partial charge in [0.05, 0.1) is 8.07 Å². The maximum absolute atomic E-state index is 4.93. The molecule has 0 aromatic rings. The van der Waals surface area contributed by atoms with Crippen LogP contribution in [0.2, 0.25) is 24.2 Å². The van der Waals surface area contributed by atoms with E-state index in [1.165, 1.54) is 34.8 Å². The second-order valence-corrected chi connectivity index (χ2v) is 22.1. The Kier molecular flexibility index (Phi) is 16.8. The normalized spacial score (nSPS) is 41.5. The van der Waals surface area contributed by atoms with Crippen molar-refractivity contribution in [1.29, 1.82) is 0 Å². The predicted octanol–water partition coefficient (Wildman–Crippen LogP) is 12.6. The molecule has 0 heterocycles. The van der Waals surface area contributed by atoms with Gasteiger partial charge < -0.3 is 14.9 Å². The molecule has 6 fully saturated rings. The van der Waals surface area contributed by atoms with Gasteiger partial charge in [0.25, 0.3) is 0 Å². The first-order chi connectivity index (χ1) is 16.6. The number of hydrogen-bond donors (Lipinski definition) is 0. The van der Waals surface area contributed by atoms with Gasteiger partial charge in [-0.1, -0.05) is 111 Å². The van der Waals surface area contributed by atoms with Crippen LogP contribution in [0, 0.1) is 62.2 Å². The predicted molar refractivity (Wildman–Crippen MR) is 169 cm³/mol. The Labute approximate surface area is 254 Å². The van der Waals surface area contributed by atoms with Crippen LogP contribution in [0.25, 0.3) is 0 Å². The summed E-state index contributed by atoms with van der Waals surface area (Å²) in [6.07, 6.45) is 25.6. The van der Waals surface area contributed by atoms with Crippen LogP contribution in [0.5, 0.6) is 0 Å². The molecule has 0 nitrogen and oxygen atoms in total. The maximum atomic E-state index is 4.93. The number of hydrogen-bond acceptors (Lipinski definition) is 0. The van der Waals surface area contributed by atoms with Crippen molar-refractivity contribution in [2.24, 2.45) is 47.3 Å². The quantitative estimate of drug-likeness (QED) is 0.206. The summed E-state index contributed by atoms with van der Waals surface area (Å²) in [5.41, 5.74) is 2.43. The van der Waals surface area contributed by atoms with E-state index in [4.69, 9.17) is 17.0 Å². The summed E-state index contributed by atoms with van der Waals surface area (Å²) in [5, 5.41) is 0. The fourth-order valence-electron chi connectivity index (χ4n) is 11.7. The molecule has 0 amide bonds. The molecule has 0 aliphatic heterocycles. The fraction of sp³-hybridized carbons (Fsp3) is 0.939. The summed E-state index contributed by atoms with van der Waals surface area (Å²) in [6, 6.07) is 0. The molecule has 6 saturated carbocycles. The molecule has 8 unspecified atom stereocenters. The molecule has 8 atom stereocenters. The standard InChI is InChI=1S/C28H48Si.C2H6.CH4.2CH3.2ClH.Zr/c1-29(2,27-23-15-7-3-11-19(23)20-12-4-8-16-24(20)27)28-25-17-9-5-13-21(25)22-14-6-10-18-26(22)28;1-2;;;;;;/h19-28H,3-18H2,1-2H3;1-2H3;1H4;2*1H3;2*1H;/q;;;2*-1;;;+4/p-2. The van der Waals surface area contributed by atoms with Crippen LogP contribution >= 0.6 is 17.0 Å². The van der Waals surface area contributed by atoms with Gasteiger partial charge >= 0.3 is 37.9 Å². The van der Waals surface area contributed by atoms with E-state index in [0.29, 0.717) is 0 Å². The average molecular weight is 651 g/mol. The molecule has 4 heteroatoms. The molecule has 0 aromatic carbocycles. The van der Waals surface area contributed by atoms with Crippen LogP contribution in [0.3, 0.4) is 0 Å². The van der Waals surface area contributed by atoms with Crippen LogP contribution in [0.1, 0.15) is 124 Å². The van der Waals surface area contributed by atoms with Gasteiger partial charge in [0.15, 0.2) is 0 Å². The molecule has 6 aliphatic rings. The molecule has 6 rings (SSSR count). The van der Waals surface area contributed by atoms with Crippen molar-refractivity contribution in [3.05, 3.63) is 14.9 Å². The first-order valence-electron chi connectivity index (χ1n) is 15.6. The zero-order valence-electron chi connectivity index (χ0n) is 24.8. The van der Waals surface area contributed by atoms with Crippen molar-refractivity contribution in [2.45, 2.75) is 148 Å². The van der Waals surface area contributed by atoms with Gasteiger partial charge in [0, 0.05) is 0 Å². The van der Waals surface area contributed by atoms with E-state index in [2.05, 4.69) is 13.1 Å². The Hall–Kier alpha value is 1.68. The number of halogens is 2. The van der Waals surface area contributed by atoms with Gasteiger partial charge in [-0.25, -0.2) is 0 Å². The molecular formula is C33H64Cl2SiZr. The van der Waals surface area contributed by atoms with Gasteiger partial charge in [-0.15, -0.1) is 0 Å². The van der Waals surface area contributed by atoms with Crippen molar-refractivity contribution < 1.29 is 20.8 Å². The molecule has 0 aromatic heterocycles. The van der Waals surface area contributed by atoms with E-state index >= 15 is 0 Å². The second-order valence-electron chi connectivity index (χ2n) is 13.4. The van der Waals surface area contributed by atoms with Crippen molar-refractivity contribution in [1.82, 2.24) is 0 Å². The summed E-state index contributed by atoms with van der Waals surface area (Å²) < 4.78 is 0. The Bertz CT molecular complexity index is 533. The van der Waals surface area contributed by atoms with Crippen molar-refractivity contribution >= 4 is 25.1 Å². The topological polar surface area (TPSA) is 0 Å². The second kappa shape index (κ2) is 17.0. The first kappa shape index (κ1) is 36.7. The third-order valence-corrected chi connectivity index (χ3v) is 17.3. The molecule has 0 N–H and O–H groups in total. The fourth-order valence-corrected chi connectivity index (χ4v) is 18.2. The number of rotatable bonds is 2. The van der Waals surface area contributed by atoms with E-state index in [1.807, 2.05) is 13.8 Å². The molecule has 0 saturated heterocycles. The van der Waals surface area contributed by atoms with E-state index in [0.717, 1.165) is 23.7 Å². The van der Waals surface area contributed by atoms with Crippen molar-refractivity contribution in [2.75, 3.05) is 0 Å². The van der Waals surface area contributed by atoms with Gasteiger partial charge in [0.1, 0.15) is 0 Å². The molecular weight excluding hydrogens is 587 g/mol. The zero-order valence-corrected chi connectivity index (χ0v) is 29.8.